The van der Waals surface area contributed by atoms with Crippen molar-refractivity contribution in [2.75, 3.05) is 10.6 Å². The highest BCUT2D eigenvalue weighted by molar-refractivity contribution is 6.05. The van der Waals surface area contributed by atoms with Gasteiger partial charge in [-0.3, -0.25) is 9.59 Å². The quantitative estimate of drug-likeness (QED) is 0.324. The third-order valence-corrected chi connectivity index (χ3v) is 6.11. The minimum atomic E-state index is -0.111. The Morgan fingerprint density at radius 1 is 0.543 bits per heavy atom. The summed E-state index contributed by atoms with van der Waals surface area (Å²) in [7, 11) is 0. The van der Waals surface area contributed by atoms with Gasteiger partial charge in [0.25, 0.3) is 11.8 Å². The molecular formula is C31H30N2O2. The molecule has 0 saturated heterocycles. The van der Waals surface area contributed by atoms with Crippen LogP contribution in [0.15, 0.2) is 84.9 Å². The summed E-state index contributed by atoms with van der Waals surface area (Å²) >= 11 is 0. The monoisotopic (exact) mass is 462 g/mol. The molecule has 4 heteroatoms. The molecule has 2 amide bonds. The van der Waals surface area contributed by atoms with Crippen LogP contribution >= 0.6 is 0 Å². The molecular weight excluding hydrogens is 432 g/mol. The highest BCUT2D eigenvalue weighted by atomic mass is 16.2. The molecule has 0 radical (unpaired) electrons. The van der Waals surface area contributed by atoms with Crippen molar-refractivity contribution in [3.8, 4) is 0 Å². The Labute approximate surface area is 207 Å². The zero-order chi connectivity index (χ0) is 24.9. The van der Waals surface area contributed by atoms with Crippen LogP contribution in [0.3, 0.4) is 0 Å². The maximum Gasteiger partial charge on any atom is 0.255 e. The fourth-order valence-corrected chi connectivity index (χ4v) is 3.99. The van der Waals surface area contributed by atoms with E-state index in [1.807, 2.05) is 100 Å². The van der Waals surface area contributed by atoms with Crippen LogP contribution in [-0.2, 0) is 6.42 Å². The number of anilines is 2. The molecule has 0 aliphatic carbocycles. The van der Waals surface area contributed by atoms with Gasteiger partial charge in [0.15, 0.2) is 0 Å². The normalized spacial score (nSPS) is 10.6. The summed E-state index contributed by atoms with van der Waals surface area (Å²) in [5.41, 5.74) is 9.50. The van der Waals surface area contributed by atoms with E-state index < -0.39 is 0 Å². The fraction of sp³-hybridized carbons (Fsp3) is 0.161. The summed E-state index contributed by atoms with van der Waals surface area (Å²) in [5, 5.41) is 6.02. The van der Waals surface area contributed by atoms with Gasteiger partial charge in [-0.2, -0.15) is 0 Å². The highest BCUT2D eigenvalue weighted by Gasteiger charge is 2.10. The van der Waals surface area contributed by atoms with Gasteiger partial charge in [0.1, 0.15) is 0 Å². The van der Waals surface area contributed by atoms with Gasteiger partial charge in [-0.05, 0) is 92.8 Å². The Morgan fingerprint density at radius 2 is 0.914 bits per heavy atom. The first-order valence-electron chi connectivity index (χ1n) is 11.7. The summed E-state index contributed by atoms with van der Waals surface area (Å²) in [6.45, 7) is 8.01. The number of hydrogen-bond donors (Lipinski definition) is 2. The summed E-state index contributed by atoms with van der Waals surface area (Å²) in [6, 6.07) is 27.3. The Kier molecular flexibility index (Phi) is 7.11. The van der Waals surface area contributed by atoms with Crippen molar-refractivity contribution in [1.29, 1.82) is 0 Å². The molecule has 2 N–H and O–H groups in total. The molecule has 0 atom stereocenters. The number of aryl methyl sites for hydroxylation is 4. The molecule has 4 aromatic rings. The van der Waals surface area contributed by atoms with Crippen LogP contribution in [0.25, 0.3) is 0 Å². The predicted octanol–water partition coefficient (Wildman–Crippen LogP) is 7.02. The molecule has 0 aliphatic heterocycles. The number of nitrogens with one attached hydrogen (secondary N) is 2. The zero-order valence-corrected chi connectivity index (χ0v) is 20.6. The van der Waals surface area contributed by atoms with E-state index in [0.29, 0.717) is 11.1 Å². The zero-order valence-electron chi connectivity index (χ0n) is 20.6. The average molecular weight is 463 g/mol. The lowest BCUT2D eigenvalue weighted by Gasteiger charge is -2.13. The van der Waals surface area contributed by atoms with Crippen molar-refractivity contribution in [3.63, 3.8) is 0 Å². The average Bonchev–Trinajstić information content (AvgIpc) is 2.83. The smallest absolute Gasteiger partial charge is 0.255 e. The van der Waals surface area contributed by atoms with E-state index in [1.165, 1.54) is 0 Å². The second-order valence-corrected chi connectivity index (χ2v) is 9.12. The summed E-state index contributed by atoms with van der Waals surface area (Å²) in [5.74, 6) is -0.223. The Hall–Kier alpha value is -4.18. The van der Waals surface area contributed by atoms with Crippen LogP contribution in [0, 0.1) is 27.7 Å². The third-order valence-electron chi connectivity index (χ3n) is 6.11. The van der Waals surface area contributed by atoms with Crippen LogP contribution in [0.2, 0.25) is 0 Å². The number of carbonyl (C=O) groups excluding carboxylic acids is 2. The van der Waals surface area contributed by atoms with E-state index in [4.69, 9.17) is 0 Å². The van der Waals surface area contributed by atoms with E-state index in [0.717, 1.165) is 51.2 Å². The minimum absolute atomic E-state index is 0.111. The van der Waals surface area contributed by atoms with Gasteiger partial charge in [0.05, 0.1) is 0 Å². The lowest BCUT2D eigenvalue weighted by Crippen LogP contribution is -2.13. The first-order valence-corrected chi connectivity index (χ1v) is 11.7. The van der Waals surface area contributed by atoms with Gasteiger partial charge in [-0.1, -0.05) is 59.7 Å². The van der Waals surface area contributed by atoms with Crippen molar-refractivity contribution in [1.82, 2.24) is 0 Å². The van der Waals surface area contributed by atoms with Gasteiger partial charge in [-0.15, -0.1) is 0 Å². The lowest BCUT2D eigenvalue weighted by atomic mass is 10.00. The number of hydrogen-bond acceptors (Lipinski definition) is 2. The Morgan fingerprint density at radius 3 is 1.26 bits per heavy atom. The van der Waals surface area contributed by atoms with Gasteiger partial charge in [0.2, 0.25) is 0 Å². The van der Waals surface area contributed by atoms with Gasteiger partial charge in [0, 0.05) is 22.5 Å². The van der Waals surface area contributed by atoms with E-state index in [1.54, 1.807) is 0 Å². The van der Waals surface area contributed by atoms with Gasteiger partial charge >= 0.3 is 0 Å². The fourth-order valence-electron chi connectivity index (χ4n) is 3.99. The van der Waals surface area contributed by atoms with Gasteiger partial charge < -0.3 is 10.6 Å². The molecule has 0 heterocycles. The molecule has 0 aromatic heterocycles. The summed E-state index contributed by atoms with van der Waals surface area (Å²) in [4.78, 5) is 25.1. The lowest BCUT2D eigenvalue weighted by molar-refractivity contribution is 0.101. The van der Waals surface area contributed by atoms with Crippen molar-refractivity contribution in [2.24, 2.45) is 0 Å². The van der Waals surface area contributed by atoms with E-state index in [2.05, 4.69) is 22.8 Å². The van der Waals surface area contributed by atoms with Crippen molar-refractivity contribution in [3.05, 3.63) is 129 Å². The van der Waals surface area contributed by atoms with Crippen LogP contribution in [0.5, 0.6) is 0 Å². The molecule has 4 nitrogen and oxygen atoms in total. The third kappa shape index (κ3) is 6.04. The van der Waals surface area contributed by atoms with Crippen LogP contribution < -0.4 is 10.6 Å². The Bertz CT molecular complexity index is 1260. The first kappa shape index (κ1) is 24.0. The highest BCUT2D eigenvalue weighted by Crippen LogP contribution is 2.23. The molecule has 0 fully saturated rings. The van der Waals surface area contributed by atoms with Crippen molar-refractivity contribution >= 4 is 23.2 Å². The van der Waals surface area contributed by atoms with Crippen molar-refractivity contribution in [2.45, 2.75) is 34.1 Å². The van der Waals surface area contributed by atoms with Crippen LogP contribution in [0.4, 0.5) is 11.4 Å². The Balaban J connectivity index is 1.41. The van der Waals surface area contributed by atoms with Crippen LogP contribution in [0.1, 0.15) is 54.1 Å². The largest absolute Gasteiger partial charge is 0.322 e. The molecule has 0 unspecified atom stereocenters. The van der Waals surface area contributed by atoms with Crippen molar-refractivity contribution < 1.29 is 9.59 Å². The maximum absolute atomic E-state index is 12.6. The van der Waals surface area contributed by atoms with E-state index in [9.17, 15) is 9.59 Å². The second-order valence-electron chi connectivity index (χ2n) is 9.12. The predicted molar refractivity (Wildman–Crippen MR) is 143 cm³/mol. The molecule has 35 heavy (non-hydrogen) atoms. The molecule has 4 rings (SSSR count). The minimum Gasteiger partial charge on any atom is -0.322 e. The standard InChI is InChI=1S/C31H30N2O2/c1-20-5-11-26(12-6-20)30(34)32-28-15-9-24(17-22(28)3)19-25-10-16-29(23(4)18-25)33-31(35)27-13-7-21(2)8-14-27/h5-18H,19H2,1-4H3,(H,32,34)(H,33,35). The van der Waals surface area contributed by atoms with E-state index >= 15 is 0 Å². The topological polar surface area (TPSA) is 58.2 Å². The molecule has 4 aromatic carbocycles. The summed E-state index contributed by atoms with van der Waals surface area (Å²) < 4.78 is 0. The molecule has 176 valence electrons. The number of rotatable bonds is 6. The maximum atomic E-state index is 12.6. The number of benzene rings is 4. The molecule has 0 bridgehead atoms. The SMILES string of the molecule is Cc1ccc(C(=O)Nc2ccc(Cc3ccc(NC(=O)c4ccc(C)cc4)c(C)c3)cc2C)cc1. The van der Waals surface area contributed by atoms with E-state index in [-0.39, 0.29) is 11.8 Å². The molecule has 0 aliphatic rings. The van der Waals surface area contributed by atoms with Crippen LogP contribution in [-0.4, -0.2) is 11.8 Å². The number of amides is 2. The first-order chi connectivity index (χ1) is 16.8. The summed E-state index contributed by atoms with van der Waals surface area (Å²) in [6.07, 6.45) is 0.764. The number of carbonyl (C=O) groups is 2. The second kappa shape index (κ2) is 10.4. The molecule has 0 saturated carbocycles. The molecule has 0 spiro atoms. The van der Waals surface area contributed by atoms with Gasteiger partial charge in [-0.25, -0.2) is 0 Å².